The Balaban J connectivity index is 1.93. The van der Waals surface area contributed by atoms with Gasteiger partial charge >= 0.3 is 0 Å². The number of anilines is 1. The number of benzene rings is 2. The fourth-order valence-electron chi connectivity index (χ4n) is 1.91. The Bertz CT molecular complexity index is 662. The third-order valence-electron chi connectivity index (χ3n) is 2.97. The number of hydrogen-bond acceptors (Lipinski definition) is 4. The smallest absolute Gasteiger partial charge is 0.248 e. The minimum Gasteiger partial charge on any atom is -0.495 e. The van der Waals surface area contributed by atoms with Crippen LogP contribution < -0.4 is 20.5 Å². The van der Waals surface area contributed by atoms with Gasteiger partial charge in [0.15, 0.2) is 0 Å². The molecule has 2 rings (SSSR count). The monoisotopic (exact) mass is 304 g/mol. The SMILES string of the molecule is COc1ccc(C(N)=O)cc1NCCOc1cccc(F)c1. The Labute approximate surface area is 127 Å². The number of rotatable bonds is 7. The number of nitrogens with two attached hydrogens (primary N) is 1. The molecule has 0 saturated carbocycles. The Morgan fingerprint density at radius 2 is 2.09 bits per heavy atom. The van der Waals surface area contributed by atoms with Gasteiger partial charge in [-0.2, -0.15) is 0 Å². The first-order chi connectivity index (χ1) is 10.6. The summed E-state index contributed by atoms with van der Waals surface area (Å²) in [5.41, 5.74) is 6.28. The van der Waals surface area contributed by atoms with Crippen molar-refractivity contribution >= 4 is 11.6 Å². The second-order valence-corrected chi connectivity index (χ2v) is 4.51. The average molecular weight is 304 g/mol. The van der Waals surface area contributed by atoms with Gasteiger partial charge < -0.3 is 20.5 Å². The molecule has 2 aromatic rings. The number of ether oxygens (including phenoxy) is 2. The van der Waals surface area contributed by atoms with Gasteiger partial charge in [0.1, 0.15) is 23.9 Å². The first-order valence-corrected chi connectivity index (χ1v) is 6.70. The molecule has 0 atom stereocenters. The van der Waals surface area contributed by atoms with Crippen LogP contribution in [0.1, 0.15) is 10.4 Å². The molecule has 0 aromatic heterocycles. The van der Waals surface area contributed by atoms with Crippen molar-refractivity contribution in [3.63, 3.8) is 0 Å². The van der Waals surface area contributed by atoms with Gasteiger partial charge in [-0.1, -0.05) is 6.07 Å². The lowest BCUT2D eigenvalue weighted by atomic mass is 10.1. The van der Waals surface area contributed by atoms with E-state index in [1.807, 2.05) is 0 Å². The van der Waals surface area contributed by atoms with Crippen molar-refractivity contribution in [3.05, 3.63) is 53.8 Å². The minimum atomic E-state index is -0.512. The Kier molecular flexibility index (Phi) is 5.19. The van der Waals surface area contributed by atoms with Gasteiger partial charge in [-0.05, 0) is 30.3 Å². The average Bonchev–Trinajstić information content (AvgIpc) is 2.51. The van der Waals surface area contributed by atoms with Gasteiger partial charge in [0.25, 0.3) is 0 Å². The van der Waals surface area contributed by atoms with Crippen LogP contribution in [0.5, 0.6) is 11.5 Å². The molecule has 0 saturated heterocycles. The zero-order valence-corrected chi connectivity index (χ0v) is 12.1. The van der Waals surface area contributed by atoms with Crippen LogP contribution in [0.2, 0.25) is 0 Å². The maximum atomic E-state index is 13.0. The molecule has 0 spiro atoms. The highest BCUT2D eigenvalue weighted by molar-refractivity contribution is 5.94. The van der Waals surface area contributed by atoms with Crippen LogP contribution in [0.3, 0.4) is 0 Å². The zero-order valence-electron chi connectivity index (χ0n) is 12.1. The Hall–Kier alpha value is -2.76. The molecule has 0 unspecified atom stereocenters. The molecule has 22 heavy (non-hydrogen) atoms. The summed E-state index contributed by atoms with van der Waals surface area (Å²) in [5, 5.41) is 3.09. The summed E-state index contributed by atoms with van der Waals surface area (Å²) >= 11 is 0. The summed E-state index contributed by atoms with van der Waals surface area (Å²) in [5.74, 6) is 0.193. The molecule has 0 heterocycles. The molecule has 2 aromatic carbocycles. The zero-order chi connectivity index (χ0) is 15.9. The summed E-state index contributed by atoms with van der Waals surface area (Å²) in [6, 6.07) is 10.8. The number of methoxy groups -OCH3 is 1. The van der Waals surface area contributed by atoms with E-state index in [1.165, 1.54) is 19.2 Å². The van der Waals surface area contributed by atoms with Crippen molar-refractivity contribution in [1.29, 1.82) is 0 Å². The van der Waals surface area contributed by atoms with Gasteiger partial charge in [0.2, 0.25) is 5.91 Å². The third kappa shape index (κ3) is 4.12. The van der Waals surface area contributed by atoms with Gasteiger partial charge in [0.05, 0.1) is 12.8 Å². The molecular weight excluding hydrogens is 287 g/mol. The van der Waals surface area contributed by atoms with Crippen LogP contribution in [0.4, 0.5) is 10.1 Å². The van der Waals surface area contributed by atoms with E-state index in [2.05, 4.69) is 5.32 Å². The molecule has 1 amide bonds. The minimum absolute atomic E-state index is 0.327. The van der Waals surface area contributed by atoms with Crippen molar-refractivity contribution in [2.75, 3.05) is 25.6 Å². The van der Waals surface area contributed by atoms with Crippen LogP contribution in [0, 0.1) is 5.82 Å². The van der Waals surface area contributed by atoms with E-state index in [-0.39, 0.29) is 5.82 Å². The molecule has 0 aliphatic rings. The Morgan fingerprint density at radius 3 is 2.77 bits per heavy atom. The third-order valence-corrected chi connectivity index (χ3v) is 2.97. The molecular formula is C16H17FN2O3. The van der Waals surface area contributed by atoms with Gasteiger partial charge in [-0.15, -0.1) is 0 Å². The number of amides is 1. The summed E-state index contributed by atoms with van der Waals surface area (Å²) < 4.78 is 23.6. The molecule has 0 aliphatic heterocycles. The standard InChI is InChI=1S/C16H17FN2O3/c1-21-15-6-5-11(16(18)20)9-14(15)19-7-8-22-13-4-2-3-12(17)10-13/h2-6,9-10,19H,7-8H2,1H3,(H2,18,20). The van der Waals surface area contributed by atoms with E-state index in [4.69, 9.17) is 15.2 Å². The number of carbonyl (C=O) groups excluding carboxylic acids is 1. The largest absolute Gasteiger partial charge is 0.495 e. The first kappa shape index (κ1) is 15.6. The van der Waals surface area contributed by atoms with Crippen LogP contribution in [0.25, 0.3) is 0 Å². The number of halogens is 1. The van der Waals surface area contributed by atoms with Crippen molar-refractivity contribution in [2.24, 2.45) is 5.73 Å². The molecule has 0 aliphatic carbocycles. The van der Waals surface area contributed by atoms with Crippen LogP contribution in [-0.4, -0.2) is 26.2 Å². The normalized spacial score (nSPS) is 10.1. The number of nitrogens with one attached hydrogen (secondary N) is 1. The second-order valence-electron chi connectivity index (χ2n) is 4.51. The van der Waals surface area contributed by atoms with Crippen LogP contribution in [0.15, 0.2) is 42.5 Å². The molecule has 0 fully saturated rings. The highest BCUT2D eigenvalue weighted by Gasteiger charge is 2.07. The van der Waals surface area contributed by atoms with Gasteiger partial charge in [-0.3, -0.25) is 4.79 Å². The highest BCUT2D eigenvalue weighted by atomic mass is 19.1. The maximum absolute atomic E-state index is 13.0. The summed E-state index contributed by atoms with van der Waals surface area (Å²) in [4.78, 5) is 11.2. The number of primary amides is 1. The van der Waals surface area contributed by atoms with Crippen LogP contribution >= 0.6 is 0 Å². The van der Waals surface area contributed by atoms with Gasteiger partial charge in [0, 0.05) is 18.2 Å². The lowest BCUT2D eigenvalue weighted by Gasteiger charge is -2.13. The van der Waals surface area contributed by atoms with E-state index in [0.717, 1.165) is 0 Å². The number of hydrogen-bond donors (Lipinski definition) is 2. The first-order valence-electron chi connectivity index (χ1n) is 6.70. The second kappa shape index (κ2) is 7.31. The lowest BCUT2D eigenvalue weighted by Crippen LogP contribution is -2.14. The van der Waals surface area contributed by atoms with Gasteiger partial charge in [-0.25, -0.2) is 4.39 Å². The molecule has 0 radical (unpaired) electrons. The van der Waals surface area contributed by atoms with Crippen molar-refractivity contribution in [2.45, 2.75) is 0 Å². The highest BCUT2D eigenvalue weighted by Crippen LogP contribution is 2.25. The fourth-order valence-corrected chi connectivity index (χ4v) is 1.91. The van der Waals surface area contributed by atoms with E-state index in [0.29, 0.717) is 35.9 Å². The lowest BCUT2D eigenvalue weighted by molar-refractivity contribution is 0.100. The molecule has 116 valence electrons. The van der Waals surface area contributed by atoms with Crippen molar-refractivity contribution in [1.82, 2.24) is 0 Å². The maximum Gasteiger partial charge on any atom is 0.248 e. The van der Waals surface area contributed by atoms with E-state index < -0.39 is 5.91 Å². The van der Waals surface area contributed by atoms with Crippen molar-refractivity contribution < 1.29 is 18.7 Å². The Morgan fingerprint density at radius 1 is 1.27 bits per heavy atom. The van der Waals surface area contributed by atoms with E-state index in [1.54, 1.807) is 30.3 Å². The van der Waals surface area contributed by atoms with Crippen molar-refractivity contribution in [3.8, 4) is 11.5 Å². The summed E-state index contributed by atoms with van der Waals surface area (Å²) in [7, 11) is 1.54. The molecule has 6 heteroatoms. The van der Waals surface area contributed by atoms with E-state index in [9.17, 15) is 9.18 Å². The molecule has 3 N–H and O–H groups in total. The quantitative estimate of drug-likeness (QED) is 0.771. The van der Waals surface area contributed by atoms with E-state index >= 15 is 0 Å². The predicted molar refractivity (Wildman–Crippen MR) is 81.9 cm³/mol. The summed E-state index contributed by atoms with van der Waals surface area (Å²) in [6.07, 6.45) is 0. The summed E-state index contributed by atoms with van der Waals surface area (Å²) in [6.45, 7) is 0.780. The molecule has 5 nitrogen and oxygen atoms in total. The topological polar surface area (TPSA) is 73.6 Å². The fraction of sp³-hybridized carbons (Fsp3) is 0.188. The number of carbonyl (C=O) groups is 1. The van der Waals surface area contributed by atoms with Crippen LogP contribution in [-0.2, 0) is 0 Å². The predicted octanol–water partition coefficient (Wildman–Crippen LogP) is 2.42. The molecule has 0 bridgehead atoms.